The molecule has 0 fully saturated rings. The van der Waals surface area contributed by atoms with Crippen LogP contribution >= 0.6 is 0 Å². The van der Waals surface area contributed by atoms with Crippen molar-refractivity contribution in [3.8, 4) is 0 Å². The van der Waals surface area contributed by atoms with E-state index in [1.54, 1.807) is 0 Å². The molecule has 0 bridgehead atoms. The first kappa shape index (κ1) is 13.4. The summed E-state index contributed by atoms with van der Waals surface area (Å²) in [5.41, 5.74) is 13.3. The quantitative estimate of drug-likeness (QED) is 0.543. The topological polar surface area (TPSA) is 0 Å². The Morgan fingerprint density at radius 3 is 1.56 bits per heavy atom. The van der Waals surface area contributed by atoms with Crippen LogP contribution in [0.15, 0.2) is 94.6 Å². The summed E-state index contributed by atoms with van der Waals surface area (Å²) in [5.74, 6) is 0. The molecule has 6 rings (SSSR count). The maximum absolute atomic E-state index is 2.50. The predicted molar refractivity (Wildman–Crippen MR) is 109 cm³/mol. The third-order valence-electron chi connectivity index (χ3n) is 5.82. The van der Waals surface area contributed by atoms with Gasteiger partial charge in [-0.25, -0.2) is 0 Å². The van der Waals surface area contributed by atoms with E-state index in [2.05, 4.69) is 96.4 Å². The summed E-state index contributed by atoms with van der Waals surface area (Å²) in [6, 6.07) is 17.6. The molecule has 116 valence electrons. The lowest BCUT2D eigenvalue weighted by molar-refractivity contribution is 1.60. The lowest BCUT2D eigenvalue weighted by Crippen LogP contribution is -2.38. The van der Waals surface area contributed by atoms with E-state index in [0.717, 1.165) is 0 Å². The van der Waals surface area contributed by atoms with E-state index in [4.69, 9.17) is 0 Å². The molecular formula is C24H16Si. The van der Waals surface area contributed by atoms with Crippen molar-refractivity contribution in [1.82, 2.24) is 0 Å². The molecule has 0 saturated heterocycles. The van der Waals surface area contributed by atoms with Gasteiger partial charge >= 0.3 is 0 Å². The second-order valence-electron chi connectivity index (χ2n) is 7.04. The average molecular weight is 332 g/mol. The second-order valence-corrected chi connectivity index (χ2v) is 10.5. The van der Waals surface area contributed by atoms with E-state index in [1.165, 1.54) is 43.8 Å². The van der Waals surface area contributed by atoms with Crippen molar-refractivity contribution in [2.24, 2.45) is 0 Å². The summed E-state index contributed by atoms with van der Waals surface area (Å²) in [6.45, 7) is 0. The number of hydrogen-bond acceptors (Lipinski definition) is 0. The average Bonchev–Trinajstić information content (AvgIpc) is 3.23. The Morgan fingerprint density at radius 2 is 1.04 bits per heavy atom. The SMILES string of the molecule is C1=C[Si]2(C=CC=C3C2=Cc2ccccc23)C2=Cc3ccccc3C2=C1. The maximum atomic E-state index is 2.50. The van der Waals surface area contributed by atoms with Crippen LogP contribution in [0.25, 0.3) is 23.3 Å². The minimum absolute atomic E-state index is 1.36. The zero-order chi connectivity index (χ0) is 16.4. The van der Waals surface area contributed by atoms with Gasteiger partial charge in [0.25, 0.3) is 0 Å². The second kappa shape index (κ2) is 4.59. The van der Waals surface area contributed by atoms with Gasteiger partial charge in [-0.2, -0.15) is 0 Å². The van der Waals surface area contributed by atoms with Crippen LogP contribution in [0.1, 0.15) is 22.3 Å². The summed E-state index contributed by atoms with van der Waals surface area (Å²) in [4.78, 5) is 0. The highest BCUT2D eigenvalue weighted by atomic mass is 28.3. The Bertz CT molecular complexity index is 1040. The molecule has 0 radical (unpaired) electrons. The zero-order valence-corrected chi connectivity index (χ0v) is 14.7. The molecule has 0 atom stereocenters. The van der Waals surface area contributed by atoms with Gasteiger partial charge in [-0.1, -0.05) is 96.4 Å². The molecule has 2 aromatic rings. The van der Waals surface area contributed by atoms with E-state index in [-0.39, 0.29) is 0 Å². The fourth-order valence-electron chi connectivity index (χ4n) is 4.69. The van der Waals surface area contributed by atoms with Gasteiger partial charge in [-0.3, -0.25) is 0 Å². The molecule has 4 aliphatic rings. The molecule has 1 spiro atoms. The minimum Gasteiger partial charge on any atom is -0.0822 e. The summed E-state index contributed by atoms with van der Waals surface area (Å²) >= 11 is 0. The number of allylic oxidation sites excluding steroid dienone is 8. The largest absolute Gasteiger partial charge is 0.166 e. The van der Waals surface area contributed by atoms with Gasteiger partial charge in [0.15, 0.2) is 8.07 Å². The lowest BCUT2D eigenvalue weighted by atomic mass is 10.1. The molecule has 2 aromatic carbocycles. The van der Waals surface area contributed by atoms with Crippen LogP contribution < -0.4 is 0 Å². The van der Waals surface area contributed by atoms with E-state index in [9.17, 15) is 0 Å². The fraction of sp³-hybridized carbons (Fsp3) is 0. The molecule has 0 aromatic heterocycles. The number of hydrogen-bond donors (Lipinski definition) is 0. The van der Waals surface area contributed by atoms with Gasteiger partial charge in [-0.05, 0) is 43.8 Å². The molecule has 0 saturated carbocycles. The monoisotopic (exact) mass is 332 g/mol. The summed E-state index contributed by atoms with van der Waals surface area (Å²) in [6.07, 6.45) is 14.0. The molecule has 0 amide bonds. The van der Waals surface area contributed by atoms with Crippen LogP contribution in [0, 0.1) is 0 Å². The Kier molecular flexibility index (Phi) is 2.46. The highest BCUT2D eigenvalue weighted by molar-refractivity contribution is 7.05. The Hall–Kier alpha value is -2.90. The van der Waals surface area contributed by atoms with Gasteiger partial charge in [0.1, 0.15) is 0 Å². The predicted octanol–water partition coefficient (Wildman–Crippen LogP) is 5.69. The summed E-state index contributed by atoms with van der Waals surface area (Å²) < 4.78 is 0. The number of fused-ring (bicyclic) bond motifs is 8. The number of benzene rings is 2. The van der Waals surface area contributed by atoms with Gasteiger partial charge in [0.2, 0.25) is 0 Å². The van der Waals surface area contributed by atoms with Gasteiger partial charge in [0.05, 0.1) is 0 Å². The van der Waals surface area contributed by atoms with Crippen LogP contribution in [0.2, 0.25) is 0 Å². The zero-order valence-electron chi connectivity index (χ0n) is 13.7. The van der Waals surface area contributed by atoms with Crippen LogP contribution in [0.3, 0.4) is 0 Å². The molecule has 2 aliphatic carbocycles. The minimum atomic E-state index is -2.00. The van der Waals surface area contributed by atoms with Crippen molar-refractivity contribution >= 4 is 31.4 Å². The first-order valence-corrected chi connectivity index (χ1v) is 11.0. The van der Waals surface area contributed by atoms with Gasteiger partial charge in [0, 0.05) is 0 Å². The standard InChI is InChI=1S/C24H16Si/c1-3-9-19-17(7-1)15-23-21(19)11-5-13-25(23)14-6-12-22-20-10-4-2-8-18(20)16-24(22)25/h1-16H. The third kappa shape index (κ3) is 1.61. The van der Waals surface area contributed by atoms with Crippen LogP contribution in [0.4, 0.5) is 0 Å². The van der Waals surface area contributed by atoms with Crippen LogP contribution in [-0.2, 0) is 0 Å². The first-order valence-electron chi connectivity index (χ1n) is 8.80. The van der Waals surface area contributed by atoms with Crippen molar-refractivity contribution in [3.05, 3.63) is 117 Å². The molecule has 25 heavy (non-hydrogen) atoms. The first-order chi connectivity index (χ1) is 12.4. The molecule has 0 unspecified atom stereocenters. The van der Waals surface area contributed by atoms with Crippen molar-refractivity contribution in [2.75, 3.05) is 0 Å². The highest BCUT2D eigenvalue weighted by Crippen LogP contribution is 2.52. The van der Waals surface area contributed by atoms with E-state index >= 15 is 0 Å². The molecular weight excluding hydrogens is 316 g/mol. The van der Waals surface area contributed by atoms with E-state index < -0.39 is 8.07 Å². The van der Waals surface area contributed by atoms with E-state index in [1.807, 2.05) is 0 Å². The van der Waals surface area contributed by atoms with Crippen molar-refractivity contribution in [3.63, 3.8) is 0 Å². The normalized spacial score (nSPS) is 20.2. The lowest BCUT2D eigenvalue weighted by Gasteiger charge is -2.34. The molecule has 1 heteroatoms. The summed E-state index contributed by atoms with van der Waals surface area (Å²) in [5, 5.41) is 3.08. The van der Waals surface area contributed by atoms with Crippen molar-refractivity contribution in [2.45, 2.75) is 0 Å². The fourth-order valence-corrected chi connectivity index (χ4v) is 8.72. The highest BCUT2D eigenvalue weighted by Gasteiger charge is 2.45. The number of rotatable bonds is 0. The Labute approximate surface area is 148 Å². The van der Waals surface area contributed by atoms with Crippen LogP contribution in [-0.4, -0.2) is 8.07 Å². The third-order valence-corrected chi connectivity index (χ3v) is 9.86. The maximum Gasteiger partial charge on any atom is 0.166 e. The molecule has 2 aliphatic heterocycles. The molecule has 2 heterocycles. The summed E-state index contributed by atoms with van der Waals surface area (Å²) in [7, 11) is -2.00. The van der Waals surface area contributed by atoms with Gasteiger partial charge < -0.3 is 0 Å². The Balaban J connectivity index is 1.60. The van der Waals surface area contributed by atoms with E-state index in [0.29, 0.717) is 0 Å². The smallest absolute Gasteiger partial charge is 0.0822 e. The molecule has 0 N–H and O–H groups in total. The Morgan fingerprint density at radius 1 is 0.560 bits per heavy atom. The van der Waals surface area contributed by atoms with Crippen molar-refractivity contribution < 1.29 is 0 Å². The van der Waals surface area contributed by atoms with Crippen LogP contribution in [0.5, 0.6) is 0 Å². The van der Waals surface area contributed by atoms with Crippen molar-refractivity contribution in [1.29, 1.82) is 0 Å². The molecule has 0 nitrogen and oxygen atoms in total. The van der Waals surface area contributed by atoms with Gasteiger partial charge in [-0.15, -0.1) is 0 Å².